The lowest BCUT2D eigenvalue weighted by Crippen LogP contribution is -2.21. The summed E-state index contributed by atoms with van der Waals surface area (Å²) in [5.74, 6) is 0. The Morgan fingerprint density at radius 2 is 1.73 bits per heavy atom. The summed E-state index contributed by atoms with van der Waals surface area (Å²) >= 11 is 0. The fourth-order valence-electron chi connectivity index (χ4n) is 2.40. The highest BCUT2D eigenvalue weighted by Gasteiger charge is 2.17. The van der Waals surface area contributed by atoms with Crippen molar-refractivity contribution in [2.45, 2.75) is 33.7 Å². The maximum absolute atomic E-state index is 4.14. The van der Waals surface area contributed by atoms with E-state index < -0.39 is 0 Å². The second-order valence-corrected chi connectivity index (χ2v) is 5.80. The quantitative estimate of drug-likeness (QED) is 0.483. The van der Waals surface area contributed by atoms with Crippen molar-refractivity contribution < 1.29 is 0 Å². The molecule has 0 fully saturated rings. The van der Waals surface area contributed by atoms with Crippen LogP contribution in [-0.4, -0.2) is 0 Å². The van der Waals surface area contributed by atoms with E-state index in [9.17, 15) is 0 Å². The molecule has 0 amide bonds. The third-order valence-corrected chi connectivity index (χ3v) is 3.38. The Labute approximate surface area is 135 Å². The monoisotopic (exact) mass is 293 g/mol. The van der Waals surface area contributed by atoms with Crippen LogP contribution in [0.2, 0.25) is 0 Å². The Balaban J connectivity index is 3.48. The molecule has 1 rings (SSSR count). The summed E-state index contributed by atoms with van der Waals surface area (Å²) in [7, 11) is 0. The van der Waals surface area contributed by atoms with E-state index in [0.717, 1.165) is 11.3 Å². The fraction of sp³-hybridized carbons (Fsp3) is 0.238. The molecule has 1 aromatic rings. The van der Waals surface area contributed by atoms with Crippen LogP contribution in [0.15, 0.2) is 79.1 Å². The van der Waals surface area contributed by atoms with Crippen LogP contribution in [0, 0.1) is 0 Å². The first-order valence-corrected chi connectivity index (χ1v) is 7.51. The lowest BCUT2D eigenvalue weighted by Gasteiger charge is -2.24. The molecular weight excluding hydrogens is 266 g/mol. The molecule has 1 heteroatoms. The third kappa shape index (κ3) is 4.63. The van der Waals surface area contributed by atoms with Crippen molar-refractivity contribution in [2.24, 2.45) is 0 Å². The first-order valence-electron chi connectivity index (χ1n) is 7.51. The lowest BCUT2D eigenvalue weighted by atomic mass is 9.89. The molecular formula is C21H27N. The highest BCUT2D eigenvalue weighted by atomic mass is 14.9. The van der Waals surface area contributed by atoms with Crippen LogP contribution in [0.5, 0.6) is 0 Å². The van der Waals surface area contributed by atoms with Gasteiger partial charge in [0.25, 0.3) is 0 Å². The van der Waals surface area contributed by atoms with E-state index >= 15 is 0 Å². The van der Waals surface area contributed by atoms with Crippen LogP contribution in [0.4, 0.5) is 0 Å². The van der Waals surface area contributed by atoms with Crippen LogP contribution in [0.25, 0.3) is 5.57 Å². The average molecular weight is 293 g/mol. The number of nitrogens with one attached hydrogen (secondary N) is 1. The maximum Gasteiger partial charge on any atom is 0.0724 e. The van der Waals surface area contributed by atoms with Gasteiger partial charge < -0.3 is 5.32 Å². The van der Waals surface area contributed by atoms with E-state index in [4.69, 9.17) is 0 Å². The zero-order chi connectivity index (χ0) is 16.7. The summed E-state index contributed by atoms with van der Waals surface area (Å²) in [4.78, 5) is 0. The Morgan fingerprint density at radius 1 is 1.09 bits per heavy atom. The second kappa shape index (κ2) is 8.23. The van der Waals surface area contributed by atoms with Crippen LogP contribution < -0.4 is 5.32 Å². The van der Waals surface area contributed by atoms with Gasteiger partial charge in [0.2, 0.25) is 0 Å². The van der Waals surface area contributed by atoms with Gasteiger partial charge in [0.05, 0.1) is 6.04 Å². The van der Waals surface area contributed by atoms with E-state index in [2.05, 4.69) is 69.2 Å². The largest absolute Gasteiger partial charge is 0.378 e. The molecule has 0 aliphatic heterocycles. The predicted octanol–water partition coefficient (Wildman–Crippen LogP) is 5.96. The second-order valence-electron chi connectivity index (χ2n) is 5.80. The number of rotatable bonds is 7. The standard InChI is InChI=1S/C21H27N/c1-8-9-12-18(15(2)3)19-13-10-11-14-20(19)21(16(4)5)22-17(6)7/h8-14,21-22H,1,4,6H2,2-3,5,7H3/b12-9-. The molecule has 0 heterocycles. The number of hydrogen-bond donors (Lipinski definition) is 1. The number of allylic oxidation sites excluding steroid dienone is 6. The van der Waals surface area contributed by atoms with E-state index in [1.807, 2.05) is 19.9 Å². The zero-order valence-electron chi connectivity index (χ0n) is 14.2. The Morgan fingerprint density at radius 3 is 2.23 bits per heavy atom. The van der Waals surface area contributed by atoms with Crippen LogP contribution in [0.1, 0.15) is 44.9 Å². The summed E-state index contributed by atoms with van der Waals surface area (Å²) in [5, 5.41) is 3.43. The van der Waals surface area contributed by atoms with E-state index in [-0.39, 0.29) is 6.04 Å². The number of hydrogen-bond acceptors (Lipinski definition) is 1. The van der Waals surface area contributed by atoms with Crippen molar-refractivity contribution in [1.82, 2.24) is 5.32 Å². The van der Waals surface area contributed by atoms with Crippen molar-refractivity contribution in [3.63, 3.8) is 0 Å². The minimum absolute atomic E-state index is 0.0557. The van der Waals surface area contributed by atoms with Crippen molar-refractivity contribution in [3.05, 3.63) is 90.2 Å². The van der Waals surface area contributed by atoms with E-state index in [1.165, 1.54) is 22.3 Å². The summed E-state index contributed by atoms with van der Waals surface area (Å²) in [6.45, 7) is 20.1. The topological polar surface area (TPSA) is 12.0 Å². The van der Waals surface area contributed by atoms with Crippen molar-refractivity contribution in [1.29, 1.82) is 0 Å². The molecule has 0 saturated carbocycles. The average Bonchev–Trinajstić information content (AvgIpc) is 2.45. The highest BCUT2D eigenvalue weighted by Crippen LogP contribution is 2.31. The van der Waals surface area contributed by atoms with E-state index in [0.29, 0.717) is 0 Å². The Hall–Kier alpha value is -2.28. The predicted molar refractivity (Wildman–Crippen MR) is 99.6 cm³/mol. The molecule has 1 unspecified atom stereocenters. The van der Waals surface area contributed by atoms with Crippen molar-refractivity contribution in [2.75, 3.05) is 0 Å². The minimum Gasteiger partial charge on any atom is -0.378 e. The summed E-state index contributed by atoms with van der Waals surface area (Å²) < 4.78 is 0. The maximum atomic E-state index is 4.14. The summed E-state index contributed by atoms with van der Waals surface area (Å²) in [6.07, 6.45) is 5.88. The van der Waals surface area contributed by atoms with E-state index in [1.54, 1.807) is 6.08 Å². The molecule has 0 aromatic heterocycles. The summed E-state index contributed by atoms with van der Waals surface area (Å²) in [6, 6.07) is 8.49. The van der Waals surface area contributed by atoms with Crippen LogP contribution in [0.3, 0.4) is 0 Å². The van der Waals surface area contributed by atoms with Gasteiger partial charge in [-0.2, -0.15) is 0 Å². The van der Waals surface area contributed by atoms with Crippen molar-refractivity contribution in [3.8, 4) is 0 Å². The smallest absolute Gasteiger partial charge is 0.0724 e. The fourth-order valence-corrected chi connectivity index (χ4v) is 2.40. The molecule has 0 spiro atoms. The van der Waals surface area contributed by atoms with Gasteiger partial charge in [-0.1, -0.05) is 73.4 Å². The molecule has 1 nitrogen and oxygen atoms in total. The first-order chi connectivity index (χ1) is 10.4. The van der Waals surface area contributed by atoms with Gasteiger partial charge in [-0.05, 0) is 44.4 Å². The molecule has 0 saturated heterocycles. The zero-order valence-corrected chi connectivity index (χ0v) is 14.2. The molecule has 0 aliphatic carbocycles. The van der Waals surface area contributed by atoms with Gasteiger partial charge in [-0.15, -0.1) is 0 Å². The van der Waals surface area contributed by atoms with Gasteiger partial charge in [-0.3, -0.25) is 0 Å². The van der Waals surface area contributed by atoms with Crippen LogP contribution >= 0.6 is 0 Å². The van der Waals surface area contributed by atoms with Gasteiger partial charge >= 0.3 is 0 Å². The van der Waals surface area contributed by atoms with Gasteiger partial charge in [0, 0.05) is 5.70 Å². The first kappa shape index (κ1) is 17.8. The number of benzene rings is 1. The molecule has 0 aliphatic rings. The molecule has 0 radical (unpaired) electrons. The Bertz CT molecular complexity index is 625. The van der Waals surface area contributed by atoms with Gasteiger partial charge in [-0.25, -0.2) is 0 Å². The lowest BCUT2D eigenvalue weighted by molar-refractivity contribution is 0.681. The van der Waals surface area contributed by atoms with Crippen molar-refractivity contribution >= 4 is 5.57 Å². The molecule has 1 N–H and O–H groups in total. The molecule has 116 valence electrons. The highest BCUT2D eigenvalue weighted by molar-refractivity contribution is 5.78. The SMILES string of the molecule is C=C/C=C\C(=C(C)C)c1ccccc1C(NC(=C)C)C(=C)C. The normalized spacial score (nSPS) is 11.8. The third-order valence-electron chi connectivity index (χ3n) is 3.38. The van der Waals surface area contributed by atoms with Gasteiger partial charge in [0.1, 0.15) is 0 Å². The summed E-state index contributed by atoms with van der Waals surface area (Å²) in [5.41, 5.74) is 6.90. The Kier molecular flexibility index (Phi) is 6.65. The molecule has 1 atom stereocenters. The molecule has 22 heavy (non-hydrogen) atoms. The molecule has 1 aromatic carbocycles. The van der Waals surface area contributed by atoms with Crippen LogP contribution in [-0.2, 0) is 0 Å². The minimum atomic E-state index is 0.0557. The van der Waals surface area contributed by atoms with Gasteiger partial charge in [0.15, 0.2) is 0 Å². The molecule has 0 bridgehead atoms.